The fraction of sp³-hybridized carbons (Fsp3) is 0.500. The number of hydrogen-bond donors (Lipinski definition) is 2. The molecule has 2 N–H and O–H groups in total. The minimum Gasteiger partial charge on any atom is -0.444 e. The number of carbonyl (C=O) groups is 1. The highest BCUT2D eigenvalue weighted by Gasteiger charge is 2.33. The highest BCUT2D eigenvalue weighted by Crippen LogP contribution is 2.37. The molecule has 0 saturated heterocycles. The third-order valence-corrected chi connectivity index (χ3v) is 2.75. The number of aliphatic hydroxyl groups excluding tert-OH is 1. The summed E-state index contributed by atoms with van der Waals surface area (Å²) < 4.78 is 32.4. The zero-order chi connectivity index (χ0) is 16.3. The predicted molar refractivity (Wildman–Crippen MR) is 76.9 cm³/mol. The van der Waals surface area contributed by atoms with Crippen LogP contribution in [0.4, 0.5) is 19.3 Å². The van der Waals surface area contributed by atoms with Crippen molar-refractivity contribution >= 4 is 23.4 Å². The van der Waals surface area contributed by atoms with Gasteiger partial charge in [0, 0.05) is 24.3 Å². The Balaban J connectivity index is 2.86. The number of carbonyl (C=O) groups excluding carboxylic acids is 1. The van der Waals surface area contributed by atoms with E-state index in [1.165, 1.54) is 12.1 Å². The van der Waals surface area contributed by atoms with Crippen LogP contribution in [0, 0.1) is 0 Å². The Kier molecular flexibility index (Phi) is 5.53. The molecule has 0 atom stereocenters. The minimum atomic E-state index is -3.23. The second kappa shape index (κ2) is 6.58. The molecule has 4 nitrogen and oxygen atoms in total. The lowest BCUT2D eigenvalue weighted by atomic mass is 10.1. The van der Waals surface area contributed by atoms with Gasteiger partial charge >= 0.3 is 6.09 Å². The van der Waals surface area contributed by atoms with E-state index in [9.17, 15) is 13.6 Å². The van der Waals surface area contributed by atoms with Crippen molar-refractivity contribution in [1.82, 2.24) is 0 Å². The average molecular weight is 322 g/mol. The maximum atomic E-state index is 13.7. The van der Waals surface area contributed by atoms with Crippen LogP contribution in [0.2, 0.25) is 5.02 Å². The van der Waals surface area contributed by atoms with Crippen molar-refractivity contribution < 1.29 is 23.4 Å². The van der Waals surface area contributed by atoms with Crippen molar-refractivity contribution in [3.05, 3.63) is 28.8 Å². The summed E-state index contributed by atoms with van der Waals surface area (Å²) in [4.78, 5) is 11.6. The first-order chi connectivity index (χ1) is 9.55. The molecule has 118 valence electrons. The maximum Gasteiger partial charge on any atom is 0.412 e. The number of rotatable bonds is 4. The Morgan fingerprint density at radius 3 is 2.48 bits per heavy atom. The number of nitrogens with one attached hydrogen (secondary N) is 1. The molecule has 1 aromatic rings. The largest absolute Gasteiger partial charge is 0.444 e. The lowest BCUT2D eigenvalue weighted by Crippen LogP contribution is -2.27. The molecule has 1 amide bonds. The number of halogens is 3. The molecule has 21 heavy (non-hydrogen) atoms. The summed E-state index contributed by atoms with van der Waals surface area (Å²) in [6.07, 6.45) is -1.42. The molecule has 0 saturated carbocycles. The van der Waals surface area contributed by atoms with E-state index < -0.39 is 36.2 Å². The zero-order valence-electron chi connectivity index (χ0n) is 12.0. The molecule has 0 aliphatic heterocycles. The fourth-order valence-electron chi connectivity index (χ4n) is 1.59. The van der Waals surface area contributed by atoms with Crippen LogP contribution in [-0.2, 0) is 10.7 Å². The van der Waals surface area contributed by atoms with E-state index in [1.807, 2.05) is 0 Å². The predicted octanol–water partition coefficient (Wildman–Crippen LogP) is 4.16. The molecule has 0 aliphatic rings. The summed E-state index contributed by atoms with van der Waals surface area (Å²) in [6, 6.07) is 3.63. The van der Waals surface area contributed by atoms with E-state index in [2.05, 4.69) is 5.32 Å². The van der Waals surface area contributed by atoms with Crippen molar-refractivity contribution in [3.8, 4) is 0 Å². The first-order valence-corrected chi connectivity index (χ1v) is 6.72. The van der Waals surface area contributed by atoms with Crippen LogP contribution < -0.4 is 5.32 Å². The Bertz CT molecular complexity index is 515. The fourth-order valence-corrected chi connectivity index (χ4v) is 1.90. The zero-order valence-corrected chi connectivity index (χ0v) is 12.8. The average Bonchev–Trinajstić information content (AvgIpc) is 2.25. The molecule has 0 aliphatic carbocycles. The summed E-state index contributed by atoms with van der Waals surface area (Å²) >= 11 is 5.81. The third kappa shape index (κ3) is 5.47. The van der Waals surface area contributed by atoms with E-state index in [0.717, 1.165) is 6.07 Å². The summed E-state index contributed by atoms with van der Waals surface area (Å²) in [6.45, 7) is 4.47. The molecule has 1 rings (SSSR count). The molecule has 7 heteroatoms. The normalized spacial score (nSPS) is 12.1. The van der Waals surface area contributed by atoms with Gasteiger partial charge in [0.05, 0.1) is 5.02 Å². The quantitative estimate of drug-likeness (QED) is 0.875. The summed E-state index contributed by atoms with van der Waals surface area (Å²) in [5.74, 6) is -3.23. The topological polar surface area (TPSA) is 58.6 Å². The molecule has 0 spiro atoms. The molecule has 0 bridgehead atoms. The van der Waals surface area contributed by atoms with Crippen molar-refractivity contribution in [2.45, 2.75) is 38.7 Å². The van der Waals surface area contributed by atoms with Crippen LogP contribution in [0.1, 0.15) is 32.8 Å². The Labute approximate surface area is 127 Å². The van der Waals surface area contributed by atoms with Crippen LogP contribution in [0.15, 0.2) is 18.2 Å². The van der Waals surface area contributed by atoms with Crippen LogP contribution >= 0.6 is 11.6 Å². The van der Waals surface area contributed by atoms with E-state index >= 15 is 0 Å². The van der Waals surface area contributed by atoms with Crippen molar-refractivity contribution in [1.29, 1.82) is 0 Å². The van der Waals surface area contributed by atoms with Crippen molar-refractivity contribution in [3.63, 3.8) is 0 Å². The number of alkyl halides is 2. The molecular formula is C14H18ClF2NO3. The SMILES string of the molecule is CC(C)(C)OC(=O)Nc1ccc(C(F)(F)CCO)c(Cl)c1. The number of amides is 1. The summed E-state index contributed by atoms with van der Waals surface area (Å²) in [5.41, 5.74) is -0.812. The van der Waals surface area contributed by atoms with Gasteiger partial charge in [0.15, 0.2) is 0 Å². The monoisotopic (exact) mass is 321 g/mol. The van der Waals surface area contributed by atoms with E-state index in [-0.39, 0.29) is 10.7 Å². The van der Waals surface area contributed by atoms with Gasteiger partial charge in [0.2, 0.25) is 0 Å². The second-order valence-corrected chi connectivity index (χ2v) is 5.91. The maximum absolute atomic E-state index is 13.7. The van der Waals surface area contributed by atoms with Gasteiger partial charge < -0.3 is 9.84 Å². The van der Waals surface area contributed by atoms with Gasteiger partial charge in [-0.25, -0.2) is 13.6 Å². The van der Waals surface area contributed by atoms with E-state index in [1.54, 1.807) is 20.8 Å². The lowest BCUT2D eigenvalue weighted by Gasteiger charge is -2.20. The van der Waals surface area contributed by atoms with Gasteiger partial charge in [-0.1, -0.05) is 11.6 Å². The van der Waals surface area contributed by atoms with Gasteiger partial charge in [-0.2, -0.15) is 0 Å². The molecule has 0 unspecified atom stereocenters. The van der Waals surface area contributed by atoms with Crippen LogP contribution in [-0.4, -0.2) is 23.4 Å². The smallest absolute Gasteiger partial charge is 0.412 e. The van der Waals surface area contributed by atoms with E-state index in [0.29, 0.717) is 0 Å². The molecule has 0 fully saturated rings. The third-order valence-electron chi connectivity index (χ3n) is 2.43. The number of anilines is 1. The van der Waals surface area contributed by atoms with Crippen molar-refractivity contribution in [2.24, 2.45) is 0 Å². The van der Waals surface area contributed by atoms with Gasteiger partial charge in [0.1, 0.15) is 5.60 Å². The molecule has 0 heterocycles. The van der Waals surface area contributed by atoms with Gasteiger partial charge in [-0.05, 0) is 39.0 Å². The number of hydrogen-bond acceptors (Lipinski definition) is 3. The highest BCUT2D eigenvalue weighted by atomic mass is 35.5. The molecular weight excluding hydrogens is 304 g/mol. The Hall–Kier alpha value is -1.40. The molecule has 0 aromatic heterocycles. The number of aliphatic hydroxyl groups is 1. The summed E-state index contributed by atoms with van der Waals surface area (Å²) in [5, 5.41) is 10.9. The number of ether oxygens (including phenoxy) is 1. The van der Waals surface area contributed by atoms with Crippen LogP contribution in [0.3, 0.4) is 0 Å². The summed E-state index contributed by atoms with van der Waals surface area (Å²) in [7, 11) is 0. The minimum absolute atomic E-state index is 0.193. The van der Waals surface area contributed by atoms with Gasteiger partial charge in [-0.15, -0.1) is 0 Å². The van der Waals surface area contributed by atoms with Crippen LogP contribution in [0.5, 0.6) is 0 Å². The number of benzene rings is 1. The van der Waals surface area contributed by atoms with Gasteiger partial charge in [-0.3, -0.25) is 5.32 Å². The Morgan fingerprint density at radius 2 is 2.00 bits per heavy atom. The standard InChI is InChI=1S/C14H18ClF2NO3/c1-13(2,3)21-12(20)18-9-4-5-10(11(15)8-9)14(16,17)6-7-19/h4-5,8,19H,6-7H2,1-3H3,(H,18,20). The van der Waals surface area contributed by atoms with Crippen LogP contribution in [0.25, 0.3) is 0 Å². The van der Waals surface area contributed by atoms with Crippen molar-refractivity contribution in [2.75, 3.05) is 11.9 Å². The first kappa shape index (κ1) is 17.7. The molecule has 1 aromatic carbocycles. The van der Waals surface area contributed by atoms with E-state index in [4.69, 9.17) is 21.4 Å². The second-order valence-electron chi connectivity index (χ2n) is 5.50. The van der Waals surface area contributed by atoms with Gasteiger partial charge in [0.25, 0.3) is 5.92 Å². The lowest BCUT2D eigenvalue weighted by molar-refractivity contribution is -0.0268. The first-order valence-electron chi connectivity index (χ1n) is 6.34. The highest BCUT2D eigenvalue weighted by molar-refractivity contribution is 6.31. The Morgan fingerprint density at radius 1 is 1.38 bits per heavy atom. The molecule has 0 radical (unpaired) electrons.